The molecule has 0 aromatic heterocycles. The molecule has 3 unspecified atom stereocenters. The highest BCUT2D eigenvalue weighted by atomic mass is 16.5. The third-order valence-electron chi connectivity index (χ3n) is 4.58. The Morgan fingerprint density at radius 2 is 1.95 bits per heavy atom. The first-order valence-electron chi connectivity index (χ1n) is 7.44. The smallest absolute Gasteiger partial charge is 0.255 e. The molecule has 5 nitrogen and oxygen atoms in total. The summed E-state index contributed by atoms with van der Waals surface area (Å²) in [6.45, 7) is -0.142. The van der Waals surface area contributed by atoms with E-state index in [-0.39, 0.29) is 18.4 Å². The summed E-state index contributed by atoms with van der Waals surface area (Å²) in [4.78, 5) is 22.9. The Morgan fingerprint density at radius 3 is 2.52 bits per heavy atom. The minimum absolute atomic E-state index is 0.132. The molecule has 2 amide bonds. The maximum atomic E-state index is 12.3. The molecule has 0 saturated heterocycles. The number of rotatable bonds is 5. The summed E-state index contributed by atoms with van der Waals surface area (Å²) in [5.74, 6) is 1.70. The van der Waals surface area contributed by atoms with E-state index in [0.29, 0.717) is 11.7 Å². The van der Waals surface area contributed by atoms with E-state index in [4.69, 9.17) is 10.5 Å². The van der Waals surface area contributed by atoms with Crippen molar-refractivity contribution in [3.63, 3.8) is 0 Å². The highest BCUT2D eigenvalue weighted by Crippen LogP contribution is 2.48. The van der Waals surface area contributed by atoms with E-state index < -0.39 is 5.91 Å². The van der Waals surface area contributed by atoms with Gasteiger partial charge in [-0.1, -0.05) is 6.42 Å². The SMILES string of the molecule is NC(=O)COc1ccc(NC(=O)C2CC3CCC2C3)cc1. The fourth-order valence-electron chi connectivity index (χ4n) is 3.59. The van der Waals surface area contributed by atoms with Crippen molar-refractivity contribution in [2.45, 2.75) is 25.7 Å². The van der Waals surface area contributed by atoms with Crippen LogP contribution < -0.4 is 15.8 Å². The van der Waals surface area contributed by atoms with E-state index in [9.17, 15) is 9.59 Å². The molecule has 0 spiro atoms. The summed E-state index contributed by atoms with van der Waals surface area (Å²) in [5, 5.41) is 2.97. The molecule has 2 aliphatic carbocycles. The molecule has 2 bridgehead atoms. The number of hydrogen-bond donors (Lipinski definition) is 2. The minimum Gasteiger partial charge on any atom is -0.484 e. The topological polar surface area (TPSA) is 81.4 Å². The summed E-state index contributed by atoms with van der Waals surface area (Å²) in [6, 6.07) is 7.00. The third kappa shape index (κ3) is 3.17. The minimum atomic E-state index is -0.510. The van der Waals surface area contributed by atoms with Gasteiger partial charge >= 0.3 is 0 Å². The molecule has 21 heavy (non-hydrogen) atoms. The molecule has 1 aromatic rings. The second-order valence-corrected chi connectivity index (χ2v) is 6.05. The summed E-state index contributed by atoms with van der Waals surface area (Å²) < 4.78 is 5.18. The van der Waals surface area contributed by atoms with E-state index in [1.165, 1.54) is 19.3 Å². The van der Waals surface area contributed by atoms with Crippen LogP contribution in [0.25, 0.3) is 0 Å². The van der Waals surface area contributed by atoms with Crippen molar-refractivity contribution in [1.29, 1.82) is 0 Å². The number of nitrogens with two attached hydrogens (primary N) is 1. The number of nitrogens with one attached hydrogen (secondary N) is 1. The highest BCUT2D eigenvalue weighted by Gasteiger charge is 2.42. The predicted octanol–water partition coefficient (Wildman–Crippen LogP) is 1.93. The van der Waals surface area contributed by atoms with Crippen molar-refractivity contribution in [1.82, 2.24) is 0 Å². The average Bonchev–Trinajstić information content (AvgIpc) is 3.09. The maximum Gasteiger partial charge on any atom is 0.255 e. The second-order valence-electron chi connectivity index (χ2n) is 6.05. The quantitative estimate of drug-likeness (QED) is 0.868. The zero-order valence-electron chi connectivity index (χ0n) is 11.9. The van der Waals surface area contributed by atoms with Crippen LogP contribution in [0.3, 0.4) is 0 Å². The summed E-state index contributed by atoms with van der Waals surface area (Å²) >= 11 is 0. The Hall–Kier alpha value is -2.04. The van der Waals surface area contributed by atoms with Gasteiger partial charge in [0.15, 0.2) is 6.61 Å². The first-order chi connectivity index (χ1) is 10.1. The van der Waals surface area contributed by atoms with Crippen molar-refractivity contribution < 1.29 is 14.3 Å². The van der Waals surface area contributed by atoms with Gasteiger partial charge in [0.1, 0.15) is 5.75 Å². The zero-order chi connectivity index (χ0) is 14.8. The Balaban J connectivity index is 1.55. The van der Waals surface area contributed by atoms with Gasteiger partial charge in [0, 0.05) is 11.6 Å². The molecule has 5 heteroatoms. The van der Waals surface area contributed by atoms with Crippen LogP contribution in [0.5, 0.6) is 5.75 Å². The van der Waals surface area contributed by atoms with Crippen LogP contribution in [0.2, 0.25) is 0 Å². The summed E-state index contributed by atoms with van der Waals surface area (Å²) in [5.41, 5.74) is 5.77. The van der Waals surface area contributed by atoms with E-state index in [1.54, 1.807) is 24.3 Å². The van der Waals surface area contributed by atoms with Crippen LogP contribution in [-0.4, -0.2) is 18.4 Å². The van der Waals surface area contributed by atoms with Crippen LogP contribution in [0.15, 0.2) is 24.3 Å². The van der Waals surface area contributed by atoms with E-state index in [1.807, 2.05) is 0 Å². The molecule has 3 rings (SSSR count). The number of benzene rings is 1. The van der Waals surface area contributed by atoms with E-state index in [2.05, 4.69) is 5.32 Å². The lowest BCUT2D eigenvalue weighted by atomic mass is 9.88. The Kier molecular flexibility index (Phi) is 3.82. The van der Waals surface area contributed by atoms with Crippen LogP contribution in [0.4, 0.5) is 5.69 Å². The maximum absolute atomic E-state index is 12.3. The van der Waals surface area contributed by atoms with Crippen LogP contribution >= 0.6 is 0 Å². The van der Waals surface area contributed by atoms with Crippen molar-refractivity contribution in [3.05, 3.63) is 24.3 Å². The first kappa shape index (κ1) is 13.9. The molecule has 2 aliphatic rings. The lowest BCUT2D eigenvalue weighted by Gasteiger charge is -2.20. The van der Waals surface area contributed by atoms with Gasteiger partial charge in [-0.25, -0.2) is 0 Å². The molecule has 2 saturated carbocycles. The molecular formula is C16H20N2O3. The van der Waals surface area contributed by atoms with Gasteiger partial charge < -0.3 is 15.8 Å². The van der Waals surface area contributed by atoms with Gasteiger partial charge in [0.2, 0.25) is 5.91 Å². The molecule has 1 aromatic carbocycles. The Labute approximate surface area is 123 Å². The lowest BCUT2D eigenvalue weighted by molar-refractivity contribution is -0.121. The Morgan fingerprint density at radius 1 is 1.19 bits per heavy atom. The summed E-state index contributed by atoms with van der Waals surface area (Å²) in [6.07, 6.45) is 4.75. The second kappa shape index (κ2) is 5.76. The van der Waals surface area contributed by atoms with Gasteiger partial charge in [0.25, 0.3) is 5.91 Å². The number of anilines is 1. The predicted molar refractivity (Wildman–Crippen MR) is 78.7 cm³/mol. The van der Waals surface area contributed by atoms with Gasteiger partial charge in [-0.2, -0.15) is 0 Å². The van der Waals surface area contributed by atoms with Crippen LogP contribution in [-0.2, 0) is 9.59 Å². The van der Waals surface area contributed by atoms with Crippen LogP contribution in [0, 0.1) is 17.8 Å². The fourth-order valence-corrected chi connectivity index (χ4v) is 3.59. The van der Waals surface area contributed by atoms with Gasteiger partial charge in [-0.3, -0.25) is 9.59 Å². The fraction of sp³-hybridized carbons (Fsp3) is 0.500. The molecule has 3 N–H and O–H groups in total. The standard InChI is InChI=1S/C16H20N2O3/c17-15(19)9-21-13-5-3-12(4-6-13)18-16(20)14-8-10-1-2-11(14)7-10/h3-6,10-11,14H,1-2,7-9H2,(H2,17,19)(H,18,20). The number of carbonyl (C=O) groups is 2. The number of fused-ring (bicyclic) bond motifs is 2. The van der Waals surface area contributed by atoms with Crippen molar-refractivity contribution in [2.24, 2.45) is 23.5 Å². The monoisotopic (exact) mass is 288 g/mol. The van der Waals surface area contributed by atoms with E-state index >= 15 is 0 Å². The van der Waals surface area contributed by atoms with Crippen molar-refractivity contribution >= 4 is 17.5 Å². The number of ether oxygens (including phenoxy) is 1. The zero-order valence-corrected chi connectivity index (χ0v) is 11.9. The Bertz CT molecular complexity index is 541. The normalized spacial score (nSPS) is 26.6. The van der Waals surface area contributed by atoms with Gasteiger partial charge in [-0.05, 0) is 55.4 Å². The third-order valence-corrected chi connectivity index (χ3v) is 4.58. The molecule has 3 atom stereocenters. The molecule has 0 radical (unpaired) electrons. The molecule has 0 aliphatic heterocycles. The largest absolute Gasteiger partial charge is 0.484 e. The lowest BCUT2D eigenvalue weighted by Crippen LogP contribution is -2.27. The van der Waals surface area contributed by atoms with Crippen LogP contribution in [0.1, 0.15) is 25.7 Å². The number of primary amides is 1. The molecular weight excluding hydrogens is 268 g/mol. The highest BCUT2D eigenvalue weighted by molar-refractivity contribution is 5.93. The van der Waals surface area contributed by atoms with Gasteiger partial charge in [0.05, 0.1) is 0 Å². The first-order valence-corrected chi connectivity index (χ1v) is 7.44. The van der Waals surface area contributed by atoms with Gasteiger partial charge in [-0.15, -0.1) is 0 Å². The average molecular weight is 288 g/mol. The number of carbonyl (C=O) groups excluding carboxylic acids is 2. The number of hydrogen-bond acceptors (Lipinski definition) is 3. The van der Waals surface area contributed by atoms with E-state index in [0.717, 1.165) is 18.0 Å². The van der Waals surface area contributed by atoms with Crippen molar-refractivity contribution in [2.75, 3.05) is 11.9 Å². The van der Waals surface area contributed by atoms with Crippen molar-refractivity contribution in [3.8, 4) is 5.75 Å². The molecule has 0 heterocycles. The molecule has 112 valence electrons. The number of amides is 2. The summed E-state index contributed by atoms with van der Waals surface area (Å²) in [7, 11) is 0. The molecule has 2 fully saturated rings.